The molecule has 1 aliphatic heterocycles. The van der Waals surface area contributed by atoms with Gasteiger partial charge in [-0.1, -0.05) is 36.8 Å². The Bertz CT molecular complexity index is 1070. The maximum atomic E-state index is 12.6. The van der Waals surface area contributed by atoms with Gasteiger partial charge in [-0.25, -0.2) is 13.6 Å². The molecular formula is C23H26F2N4O2. The Morgan fingerprint density at radius 1 is 1.00 bits per heavy atom. The number of halogens is 2. The Balaban J connectivity index is 1.46. The number of aromatic nitrogens is 3. The van der Waals surface area contributed by atoms with Gasteiger partial charge < -0.3 is 5.11 Å². The summed E-state index contributed by atoms with van der Waals surface area (Å²) in [4.78, 5) is 19.5. The SMILES string of the molecule is O=c1n(Cc2ccc(-c3cccc(CN4CCCCC4)n3)cc2)cc(O)n1CC(F)F. The van der Waals surface area contributed by atoms with E-state index in [1.165, 1.54) is 30.0 Å². The number of imidazole rings is 1. The summed E-state index contributed by atoms with van der Waals surface area (Å²) < 4.78 is 27.1. The van der Waals surface area contributed by atoms with Crippen LogP contribution in [-0.2, 0) is 19.6 Å². The molecule has 164 valence electrons. The monoisotopic (exact) mass is 428 g/mol. The number of aromatic hydroxyl groups is 1. The largest absolute Gasteiger partial charge is 0.493 e. The van der Waals surface area contributed by atoms with E-state index in [1.54, 1.807) is 0 Å². The summed E-state index contributed by atoms with van der Waals surface area (Å²) in [6.45, 7) is 2.46. The third-order valence-corrected chi connectivity index (χ3v) is 5.59. The molecule has 8 heteroatoms. The first kappa shape index (κ1) is 21.2. The van der Waals surface area contributed by atoms with Crippen molar-refractivity contribution in [2.45, 2.75) is 45.3 Å². The molecule has 0 amide bonds. The lowest BCUT2D eigenvalue weighted by molar-refractivity contribution is 0.121. The summed E-state index contributed by atoms with van der Waals surface area (Å²) in [5.41, 5.74) is 3.07. The van der Waals surface area contributed by atoms with E-state index in [0.717, 1.165) is 42.1 Å². The average molecular weight is 428 g/mol. The fraction of sp³-hybridized carbons (Fsp3) is 0.391. The number of piperidine rings is 1. The van der Waals surface area contributed by atoms with Crippen molar-refractivity contribution in [1.29, 1.82) is 0 Å². The molecule has 0 atom stereocenters. The van der Waals surface area contributed by atoms with Crippen LogP contribution in [0.15, 0.2) is 53.5 Å². The summed E-state index contributed by atoms with van der Waals surface area (Å²) in [7, 11) is 0. The molecular weight excluding hydrogens is 402 g/mol. The molecule has 0 unspecified atom stereocenters. The summed E-state index contributed by atoms with van der Waals surface area (Å²) in [6.07, 6.45) is 2.27. The van der Waals surface area contributed by atoms with Crippen molar-refractivity contribution in [3.8, 4) is 17.1 Å². The van der Waals surface area contributed by atoms with Gasteiger partial charge in [0.05, 0.1) is 30.7 Å². The van der Waals surface area contributed by atoms with E-state index < -0.39 is 24.5 Å². The molecule has 1 aromatic carbocycles. The molecule has 1 saturated heterocycles. The van der Waals surface area contributed by atoms with Crippen LogP contribution in [0, 0.1) is 0 Å². The van der Waals surface area contributed by atoms with Crippen molar-refractivity contribution in [2.24, 2.45) is 0 Å². The van der Waals surface area contributed by atoms with Crippen molar-refractivity contribution in [3.63, 3.8) is 0 Å². The van der Waals surface area contributed by atoms with Crippen molar-refractivity contribution in [2.75, 3.05) is 13.1 Å². The van der Waals surface area contributed by atoms with E-state index >= 15 is 0 Å². The molecule has 6 nitrogen and oxygen atoms in total. The molecule has 1 fully saturated rings. The van der Waals surface area contributed by atoms with E-state index in [-0.39, 0.29) is 6.54 Å². The van der Waals surface area contributed by atoms with E-state index in [2.05, 4.69) is 11.0 Å². The first-order valence-corrected chi connectivity index (χ1v) is 10.5. The van der Waals surface area contributed by atoms with Gasteiger partial charge in [0.25, 0.3) is 6.43 Å². The zero-order valence-corrected chi connectivity index (χ0v) is 17.3. The van der Waals surface area contributed by atoms with Gasteiger partial charge in [0, 0.05) is 12.1 Å². The maximum absolute atomic E-state index is 12.6. The quantitative estimate of drug-likeness (QED) is 0.623. The molecule has 1 aliphatic rings. The predicted molar refractivity (Wildman–Crippen MR) is 114 cm³/mol. The van der Waals surface area contributed by atoms with Crippen LogP contribution in [0.5, 0.6) is 5.88 Å². The fourth-order valence-corrected chi connectivity index (χ4v) is 3.99. The van der Waals surface area contributed by atoms with Gasteiger partial charge in [0.2, 0.25) is 5.88 Å². The maximum Gasteiger partial charge on any atom is 0.331 e. The van der Waals surface area contributed by atoms with Gasteiger partial charge in [-0.3, -0.25) is 19.0 Å². The van der Waals surface area contributed by atoms with Gasteiger partial charge in [-0.05, 0) is 43.6 Å². The number of hydrogen-bond acceptors (Lipinski definition) is 4. The van der Waals surface area contributed by atoms with Gasteiger partial charge in [0.15, 0.2) is 0 Å². The number of nitrogens with zero attached hydrogens (tertiary/aromatic N) is 4. The lowest BCUT2D eigenvalue weighted by Gasteiger charge is -2.26. The van der Waals surface area contributed by atoms with Gasteiger partial charge >= 0.3 is 5.69 Å². The molecule has 1 N–H and O–H groups in total. The third-order valence-electron chi connectivity index (χ3n) is 5.59. The number of alkyl halides is 2. The molecule has 0 aliphatic carbocycles. The number of likely N-dealkylation sites (tertiary alicyclic amines) is 1. The minimum Gasteiger partial charge on any atom is -0.493 e. The van der Waals surface area contributed by atoms with E-state index in [0.29, 0.717) is 4.57 Å². The normalized spacial score (nSPS) is 14.9. The van der Waals surface area contributed by atoms with Crippen LogP contribution in [0.1, 0.15) is 30.5 Å². The number of benzene rings is 1. The van der Waals surface area contributed by atoms with Crippen molar-refractivity contribution >= 4 is 0 Å². The highest BCUT2D eigenvalue weighted by Crippen LogP contribution is 2.20. The Labute approximate surface area is 179 Å². The minimum absolute atomic E-state index is 0.186. The zero-order valence-electron chi connectivity index (χ0n) is 17.3. The van der Waals surface area contributed by atoms with Gasteiger partial charge in [-0.2, -0.15) is 0 Å². The van der Waals surface area contributed by atoms with Crippen molar-refractivity contribution in [3.05, 3.63) is 70.4 Å². The van der Waals surface area contributed by atoms with Gasteiger partial charge in [0.1, 0.15) is 0 Å². The lowest BCUT2D eigenvalue weighted by Crippen LogP contribution is -2.29. The third kappa shape index (κ3) is 5.19. The summed E-state index contributed by atoms with van der Waals surface area (Å²) >= 11 is 0. The van der Waals surface area contributed by atoms with Crippen LogP contribution in [0.2, 0.25) is 0 Å². The van der Waals surface area contributed by atoms with Crippen LogP contribution in [0.4, 0.5) is 8.78 Å². The van der Waals surface area contributed by atoms with E-state index in [4.69, 9.17) is 4.98 Å². The predicted octanol–water partition coefficient (Wildman–Crippen LogP) is 3.72. The van der Waals surface area contributed by atoms with Crippen molar-refractivity contribution < 1.29 is 13.9 Å². The van der Waals surface area contributed by atoms with Crippen LogP contribution in [-0.4, -0.2) is 43.6 Å². The van der Waals surface area contributed by atoms with Crippen LogP contribution < -0.4 is 5.69 Å². The highest BCUT2D eigenvalue weighted by atomic mass is 19.3. The Morgan fingerprint density at radius 2 is 1.74 bits per heavy atom. The molecule has 3 heterocycles. The Hall–Kier alpha value is -3.00. The van der Waals surface area contributed by atoms with E-state index in [1.807, 2.05) is 36.4 Å². The zero-order chi connectivity index (χ0) is 21.8. The molecule has 0 spiro atoms. The second kappa shape index (κ2) is 9.43. The molecule has 31 heavy (non-hydrogen) atoms. The molecule has 4 rings (SSSR count). The van der Waals surface area contributed by atoms with Crippen molar-refractivity contribution in [1.82, 2.24) is 19.0 Å². The standard InChI is InChI=1S/C23H26F2N4O2/c24-21(25)15-29-22(30)16-28(23(29)31)13-17-7-9-18(10-8-17)20-6-4-5-19(26-20)14-27-11-2-1-3-12-27/h4-10,16,21,30H,1-3,11-15H2. The summed E-state index contributed by atoms with van der Waals surface area (Å²) in [6, 6.07) is 13.7. The second-order valence-electron chi connectivity index (χ2n) is 7.95. The highest BCUT2D eigenvalue weighted by Gasteiger charge is 2.15. The van der Waals surface area contributed by atoms with Gasteiger partial charge in [-0.15, -0.1) is 0 Å². The van der Waals surface area contributed by atoms with Crippen LogP contribution in [0.25, 0.3) is 11.3 Å². The van der Waals surface area contributed by atoms with Crippen LogP contribution in [0.3, 0.4) is 0 Å². The fourth-order valence-electron chi connectivity index (χ4n) is 3.99. The topological polar surface area (TPSA) is 63.3 Å². The molecule has 3 aromatic rings. The molecule has 0 radical (unpaired) electrons. The number of hydrogen-bond donors (Lipinski definition) is 1. The first-order valence-electron chi connectivity index (χ1n) is 10.5. The minimum atomic E-state index is -2.71. The Morgan fingerprint density at radius 3 is 2.45 bits per heavy atom. The lowest BCUT2D eigenvalue weighted by atomic mass is 10.1. The van der Waals surface area contributed by atoms with Crippen LogP contribution >= 0.6 is 0 Å². The molecule has 0 saturated carbocycles. The number of pyridine rings is 1. The van der Waals surface area contributed by atoms with E-state index in [9.17, 15) is 18.7 Å². The molecule has 0 bridgehead atoms. The average Bonchev–Trinajstić information content (AvgIpc) is 3.02. The number of rotatable bonds is 7. The smallest absolute Gasteiger partial charge is 0.331 e. The second-order valence-corrected chi connectivity index (χ2v) is 7.95. The Kier molecular flexibility index (Phi) is 6.46. The molecule has 2 aromatic heterocycles. The highest BCUT2D eigenvalue weighted by molar-refractivity contribution is 5.59. The summed E-state index contributed by atoms with van der Waals surface area (Å²) in [5, 5.41) is 9.77. The first-order chi connectivity index (χ1) is 15.0. The summed E-state index contributed by atoms with van der Waals surface area (Å²) in [5.74, 6) is -0.461.